The van der Waals surface area contributed by atoms with Crippen molar-refractivity contribution < 1.29 is 33.9 Å². The quantitative estimate of drug-likeness (QED) is 0.139. The van der Waals surface area contributed by atoms with Gasteiger partial charge in [0.1, 0.15) is 36.3 Å². The number of nitrogens with two attached hydrogens (primary N) is 1. The van der Waals surface area contributed by atoms with Crippen molar-refractivity contribution >= 4 is 46.3 Å². The average molecular weight is 731 g/mol. The van der Waals surface area contributed by atoms with E-state index in [0.717, 1.165) is 22.0 Å². The molecule has 284 valence electrons. The SMILES string of the molecule is C[C@@H]1NC(=O)[C@H]([C@@H](C)O)NC(=O)[C@H](CCCCN)NC(=O)[C@@H](Cc2c[nH]c3ccccc23)NC(=O)[C@H](Cc2ccccc2)NC(=O)[C@@H]2CCCN2C1=O. The number of para-hydroxylation sites is 1. The van der Waals surface area contributed by atoms with Crippen molar-refractivity contribution in [2.45, 2.75) is 101 Å². The van der Waals surface area contributed by atoms with Crippen LogP contribution in [0.4, 0.5) is 0 Å². The minimum atomic E-state index is -1.47. The number of fused-ring (bicyclic) bond motifs is 2. The highest BCUT2D eigenvalue weighted by molar-refractivity contribution is 5.99. The van der Waals surface area contributed by atoms with Crippen LogP contribution in [0.3, 0.4) is 0 Å². The van der Waals surface area contributed by atoms with E-state index in [9.17, 15) is 33.9 Å². The number of benzene rings is 2. The molecule has 7 atom stereocenters. The third-order valence-electron chi connectivity index (χ3n) is 9.86. The van der Waals surface area contributed by atoms with Crippen LogP contribution in [0.5, 0.6) is 0 Å². The number of hydrogen-bond donors (Lipinski definition) is 8. The van der Waals surface area contributed by atoms with Crippen LogP contribution in [0, 0.1) is 0 Å². The summed E-state index contributed by atoms with van der Waals surface area (Å²) in [5, 5.41) is 25.0. The summed E-state index contributed by atoms with van der Waals surface area (Å²) in [4.78, 5) is 87.8. The van der Waals surface area contributed by atoms with Gasteiger partial charge >= 0.3 is 0 Å². The van der Waals surface area contributed by atoms with Crippen molar-refractivity contribution in [3.8, 4) is 0 Å². The summed E-state index contributed by atoms with van der Waals surface area (Å²) >= 11 is 0. The summed E-state index contributed by atoms with van der Waals surface area (Å²) < 4.78 is 0. The van der Waals surface area contributed by atoms with Crippen LogP contribution in [0.15, 0.2) is 60.8 Å². The van der Waals surface area contributed by atoms with E-state index >= 15 is 0 Å². The maximum absolute atomic E-state index is 14.3. The molecule has 15 heteroatoms. The van der Waals surface area contributed by atoms with E-state index in [4.69, 9.17) is 5.73 Å². The summed E-state index contributed by atoms with van der Waals surface area (Å²) in [5.41, 5.74) is 8.04. The van der Waals surface area contributed by atoms with Gasteiger partial charge in [0.2, 0.25) is 35.4 Å². The second-order valence-corrected chi connectivity index (χ2v) is 13.9. The summed E-state index contributed by atoms with van der Waals surface area (Å²) in [6, 6.07) is 9.60. The van der Waals surface area contributed by atoms with Crippen LogP contribution in [0.2, 0.25) is 0 Å². The number of carbonyl (C=O) groups is 6. The van der Waals surface area contributed by atoms with Gasteiger partial charge in [0.25, 0.3) is 0 Å². The molecule has 0 saturated carbocycles. The van der Waals surface area contributed by atoms with Gasteiger partial charge in [-0.3, -0.25) is 28.8 Å². The summed E-state index contributed by atoms with van der Waals surface area (Å²) in [6.45, 7) is 3.38. The lowest BCUT2D eigenvalue weighted by Gasteiger charge is -2.31. The van der Waals surface area contributed by atoms with E-state index in [0.29, 0.717) is 32.2 Å². The Balaban J connectivity index is 1.54. The number of amides is 6. The van der Waals surface area contributed by atoms with Crippen LogP contribution in [0.25, 0.3) is 10.9 Å². The Morgan fingerprint density at radius 2 is 1.42 bits per heavy atom. The van der Waals surface area contributed by atoms with E-state index in [2.05, 4.69) is 31.6 Å². The number of rotatable bonds is 9. The number of unbranched alkanes of at least 4 members (excludes halogenated alkanes) is 1. The van der Waals surface area contributed by atoms with Gasteiger partial charge in [0, 0.05) is 36.5 Å². The number of aromatic nitrogens is 1. The topological polar surface area (TPSA) is 228 Å². The fourth-order valence-corrected chi connectivity index (χ4v) is 6.94. The highest BCUT2D eigenvalue weighted by atomic mass is 16.3. The van der Waals surface area contributed by atoms with E-state index in [1.807, 2.05) is 54.6 Å². The number of aliphatic hydroxyl groups excluding tert-OH is 1. The fourth-order valence-electron chi connectivity index (χ4n) is 6.94. The molecule has 2 saturated heterocycles. The summed E-state index contributed by atoms with van der Waals surface area (Å²) in [7, 11) is 0. The normalized spacial score (nSPS) is 25.7. The fraction of sp³-hybridized carbons (Fsp3) is 0.474. The molecule has 53 heavy (non-hydrogen) atoms. The van der Waals surface area contributed by atoms with Crippen LogP contribution >= 0.6 is 0 Å². The van der Waals surface area contributed by atoms with Gasteiger partial charge in [-0.1, -0.05) is 48.5 Å². The molecule has 0 radical (unpaired) electrons. The zero-order valence-electron chi connectivity index (χ0n) is 30.1. The molecular formula is C38H50N8O7. The molecule has 9 N–H and O–H groups in total. The highest BCUT2D eigenvalue weighted by Crippen LogP contribution is 2.21. The Morgan fingerprint density at radius 1 is 0.774 bits per heavy atom. The maximum atomic E-state index is 14.3. The summed E-state index contributed by atoms with van der Waals surface area (Å²) in [6.07, 6.45) is 2.52. The van der Waals surface area contributed by atoms with E-state index in [1.54, 1.807) is 6.20 Å². The smallest absolute Gasteiger partial charge is 0.245 e. The third-order valence-corrected chi connectivity index (χ3v) is 9.86. The molecule has 0 unspecified atom stereocenters. The number of nitrogens with one attached hydrogen (secondary N) is 6. The van der Waals surface area contributed by atoms with Crippen LogP contribution < -0.4 is 32.3 Å². The minimum Gasteiger partial charge on any atom is -0.391 e. The van der Waals surface area contributed by atoms with Crippen molar-refractivity contribution in [3.63, 3.8) is 0 Å². The van der Waals surface area contributed by atoms with Crippen molar-refractivity contribution in [2.75, 3.05) is 13.1 Å². The molecule has 6 amide bonds. The molecule has 1 aromatic heterocycles. The van der Waals surface area contributed by atoms with Gasteiger partial charge in [0.05, 0.1) is 6.10 Å². The van der Waals surface area contributed by atoms with Crippen molar-refractivity contribution in [2.24, 2.45) is 5.73 Å². The first kappa shape index (κ1) is 38.9. The van der Waals surface area contributed by atoms with Crippen LogP contribution in [-0.2, 0) is 41.6 Å². The van der Waals surface area contributed by atoms with Crippen molar-refractivity contribution in [1.82, 2.24) is 36.5 Å². The molecule has 0 aliphatic carbocycles. The predicted molar refractivity (Wildman–Crippen MR) is 197 cm³/mol. The average Bonchev–Trinajstić information content (AvgIpc) is 3.80. The van der Waals surface area contributed by atoms with Gasteiger partial charge in [0.15, 0.2) is 0 Å². The zero-order chi connectivity index (χ0) is 38.1. The lowest BCUT2D eigenvalue weighted by atomic mass is 10.0. The number of aromatic amines is 1. The van der Waals surface area contributed by atoms with E-state index < -0.39 is 77.8 Å². The van der Waals surface area contributed by atoms with Crippen molar-refractivity contribution in [3.05, 3.63) is 71.9 Å². The Morgan fingerprint density at radius 3 is 2.13 bits per heavy atom. The zero-order valence-corrected chi connectivity index (χ0v) is 30.1. The first-order valence-corrected chi connectivity index (χ1v) is 18.3. The molecular weight excluding hydrogens is 680 g/mol. The largest absolute Gasteiger partial charge is 0.391 e. The summed E-state index contributed by atoms with van der Waals surface area (Å²) in [5.74, 6) is -3.90. The minimum absolute atomic E-state index is 0.0340. The first-order valence-electron chi connectivity index (χ1n) is 18.3. The van der Waals surface area contributed by atoms with Crippen LogP contribution in [-0.4, -0.2) is 106 Å². The molecule has 2 aliphatic heterocycles. The van der Waals surface area contributed by atoms with E-state index in [1.165, 1.54) is 18.7 Å². The van der Waals surface area contributed by atoms with Crippen LogP contribution in [0.1, 0.15) is 57.1 Å². The highest BCUT2D eigenvalue weighted by Gasteiger charge is 2.40. The Bertz CT molecular complexity index is 1780. The predicted octanol–water partition coefficient (Wildman–Crippen LogP) is -0.0886. The second kappa shape index (κ2) is 18.0. The van der Waals surface area contributed by atoms with Crippen molar-refractivity contribution in [1.29, 1.82) is 0 Å². The third kappa shape index (κ3) is 9.78. The molecule has 0 bridgehead atoms. The molecule has 0 spiro atoms. The molecule has 3 heterocycles. The van der Waals surface area contributed by atoms with Gasteiger partial charge in [-0.15, -0.1) is 0 Å². The number of H-pyrrole nitrogens is 1. The number of aliphatic hydroxyl groups is 1. The standard InChI is InChI=1S/C38H50N8O7/c1-22-38(53)46-18-10-16-31(46)36(51)44-29(19-24-11-4-3-5-12-24)34(49)43-30(20-25-21-40-27-14-7-6-13-26(25)27)35(50)42-28(15-8-9-17-39)33(48)45-32(23(2)47)37(52)41-22/h3-7,11-14,21-23,28-32,40,47H,8-10,15-20,39H2,1-2H3,(H,41,52)(H,42,50)(H,43,49)(H,44,51)(H,45,48)/t22-,23+,28-,29-,30+,31-,32-/m0/s1. The lowest BCUT2D eigenvalue weighted by Crippen LogP contribution is -2.62. The Kier molecular flexibility index (Phi) is 13.2. The molecule has 2 aliphatic rings. The van der Waals surface area contributed by atoms with Gasteiger partial charge in [-0.05, 0) is 69.7 Å². The number of nitrogens with zero attached hydrogens (tertiary/aromatic N) is 1. The molecule has 2 aromatic carbocycles. The number of hydrogen-bond acceptors (Lipinski definition) is 8. The lowest BCUT2D eigenvalue weighted by molar-refractivity contribution is -0.143. The molecule has 15 nitrogen and oxygen atoms in total. The van der Waals surface area contributed by atoms with Gasteiger partial charge in [-0.25, -0.2) is 0 Å². The van der Waals surface area contributed by atoms with E-state index in [-0.39, 0.29) is 25.8 Å². The monoisotopic (exact) mass is 730 g/mol. The Hall–Kier alpha value is -5.28. The first-order chi connectivity index (χ1) is 25.5. The van der Waals surface area contributed by atoms with Gasteiger partial charge in [-0.2, -0.15) is 0 Å². The maximum Gasteiger partial charge on any atom is 0.245 e. The molecule has 3 aromatic rings. The molecule has 5 rings (SSSR count). The Labute approximate surface area is 308 Å². The second-order valence-electron chi connectivity index (χ2n) is 13.9. The number of carbonyl (C=O) groups excluding carboxylic acids is 6. The molecule has 2 fully saturated rings. The van der Waals surface area contributed by atoms with Gasteiger partial charge < -0.3 is 47.3 Å².